The molecule has 0 spiro atoms. The van der Waals surface area contributed by atoms with Crippen LogP contribution in [0.1, 0.15) is 12.8 Å². The fourth-order valence-electron chi connectivity index (χ4n) is 4.65. The lowest BCUT2D eigenvalue weighted by Gasteiger charge is -2.42. The maximum absolute atomic E-state index is 13.7. The number of hydrogen-bond acceptors (Lipinski definition) is 3. The fraction of sp³-hybridized carbons (Fsp3) is 0.273. The molecule has 0 aliphatic carbocycles. The lowest BCUT2D eigenvalue weighted by molar-refractivity contribution is 0.185. The molecular weight excluding hydrogens is 376 g/mol. The average molecular weight is 395 g/mol. The molecule has 2 bridgehead atoms. The van der Waals surface area contributed by atoms with Crippen LogP contribution in [0.4, 0.5) is 19.3 Å². The number of nitrogens with zero attached hydrogens (tertiary/aromatic N) is 3. The fourth-order valence-corrected chi connectivity index (χ4v) is 4.65. The molecule has 2 atom stereocenters. The van der Waals surface area contributed by atoms with Crippen LogP contribution in [0.3, 0.4) is 0 Å². The van der Waals surface area contributed by atoms with E-state index in [0.717, 1.165) is 24.3 Å². The number of benzene rings is 2. The molecule has 2 aliphatic heterocycles. The van der Waals surface area contributed by atoms with Gasteiger partial charge in [-0.3, -0.25) is 4.79 Å². The maximum atomic E-state index is 13.7. The highest BCUT2D eigenvalue weighted by Crippen LogP contribution is 2.35. The summed E-state index contributed by atoms with van der Waals surface area (Å²) in [6.45, 7) is 0.869. The number of pyridine rings is 1. The van der Waals surface area contributed by atoms with Gasteiger partial charge in [0.05, 0.1) is 5.52 Å². The highest BCUT2D eigenvalue weighted by atomic mass is 19.2. The Morgan fingerprint density at radius 1 is 0.897 bits per heavy atom. The van der Waals surface area contributed by atoms with Crippen LogP contribution in [0.25, 0.3) is 10.9 Å². The number of fused-ring (bicyclic) bond motifs is 3. The number of rotatable bonds is 1. The number of hydrogen-bond donors (Lipinski definition) is 0. The molecule has 0 N–H and O–H groups in total. The largest absolute Gasteiger partial charge is 0.362 e. The number of piperazine rings is 1. The van der Waals surface area contributed by atoms with Gasteiger partial charge in [-0.2, -0.15) is 0 Å². The van der Waals surface area contributed by atoms with Crippen LogP contribution in [0.15, 0.2) is 59.4 Å². The number of halogens is 2. The summed E-state index contributed by atoms with van der Waals surface area (Å²) < 4.78 is 28.3. The Morgan fingerprint density at radius 2 is 1.62 bits per heavy atom. The van der Waals surface area contributed by atoms with Gasteiger partial charge in [0.1, 0.15) is 0 Å². The lowest BCUT2D eigenvalue weighted by Crippen LogP contribution is -2.57. The molecule has 3 heterocycles. The number of anilines is 1. The molecule has 1 amide bonds. The third kappa shape index (κ3) is 2.88. The Morgan fingerprint density at radius 3 is 2.34 bits per heavy atom. The van der Waals surface area contributed by atoms with Gasteiger partial charge in [0, 0.05) is 43.0 Å². The average Bonchev–Trinajstić information content (AvgIpc) is 2.98. The molecule has 2 saturated heterocycles. The first-order chi connectivity index (χ1) is 14.0. The quantitative estimate of drug-likeness (QED) is 0.633. The van der Waals surface area contributed by atoms with Crippen LogP contribution in [0, 0.1) is 11.6 Å². The van der Waals surface area contributed by atoms with Gasteiger partial charge < -0.3 is 9.80 Å². The highest BCUT2D eigenvalue weighted by Gasteiger charge is 2.42. The Balaban J connectivity index is 1.46. The molecule has 2 aromatic carbocycles. The van der Waals surface area contributed by atoms with Crippen molar-refractivity contribution in [2.24, 2.45) is 0 Å². The van der Waals surface area contributed by atoms with E-state index in [0.29, 0.717) is 24.3 Å². The van der Waals surface area contributed by atoms with Crippen molar-refractivity contribution in [1.82, 2.24) is 9.47 Å². The molecule has 5 nitrogen and oxygen atoms in total. The molecule has 0 radical (unpaired) electrons. The van der Waals surface area contributed by atoms with Crippen LogP contribution >= 0.6 is 0 Å². The number of likely N-dealkylation sites (tertiary alicyclic amines) is 1. The van der Waals surface area contributed by atoms with Gasteiger partial charge in [-0.15, -0.1) is 0 Å². The zero-order valence-corrected chi connectivity index (χ0v) is 15.6. The van der Waals surface area contributed by atoms with E-state index in [4.69, 9.17) is 0 Å². The van der Waals surface area contributed by atoms with Gasteiger partial charge in [-0.1, -0.05) is 18.2 Å². The summed E-state index contributed by atoms with van der Waals surface area (Å²) in [7, 11) is 0. The second-order valence-electron chi connectivity index (χ2n) is 7.64. The second kappa shape index (κ2) is 6.69. The van der Waals surface area contributed by atoms with E-state index < -0.39 is 11.6 Å². The molecule has 148 valence electrons. The van der Waals surface area contributed by atoms with Crippen LogP contribution in [-0.4, -0.2) is 40.7 Å². The third-order valence-electron chi connectivity index (χ3n) is 5.95. The van der Waals surface area contributed by atoms with Gasteiger partial charge >= 0.3 is 6.03 Å². The Labute approximate surface area is 165 Å². The highest BCUT2D eigenvalue weighted by molar-refractivity contribution is 5.90. The summed E-state index contributed by atoms with van der Waals surface area (Å²) in [6.07, 6.45) is 1.72. The normalized spacial score (nSPS) is 21.0. The van der Waals surface area contributed by atoms with Gasteiger partial charge in [0.15, 0.2) is 11.6 Å². The van der Waals surface area contributed by atoms with Gasteiger partial charge in [-0.25, -0.2) is 18.1 Å². The Bertz CT molecular complexity index is 1160. The number of aromatic nitrogens is 1. The van der Waals surface area contributed by atoms with Crippen LogP contribution in [0.2, 0.25) is 0 Å². The zero-order valence-electron chi connectivity index (χ0n) is 15.6. The molecule has 1 aromatic heterocycles. The first-order valence-corrected chi connectivity index (χ1v) is 9.66. The van der Waals surface area contributed by atoms with E-state index in [1.807, 2.05) is 12.1 Å². The topological polar surface area (TPSA) is 45.6 Å². The minimum atomic E-state index is -0.872. The first kappa shape index (κ1) is 17.8. The number of amides is 1. The van der Waals surface area contributed by atoms with Gasteiger partial charge in [-0.05, 0) is 42.5 Å². The van der Waals surface area contributed by atoms with E-state index in [2.05, 4.69) is 4.90 Å². The molecular formula is C22H19F2N3O2. The van der Waals surface area contributed by atoms with Crippen LogP contribution < -0.4 is 10.5 Å². The summed E-state index contributed by atoms with van der Waals surface area (Å²) in [4.78, 5) is 29.5. The second-order valence-corrected chi connectivity index (χ2v) is 7.64. The molecule has 5 rings (SSSR count). The van der Waals surface area contributed by atoms with Crippen molar-refractivity contribution in [3.8, 4) is 0 Å². The van der Waals surface area contributed by atoms with E-state index in [9.17, 15) is 18.4 Å². The van der Waals surface area contributed by atoms with Gasteiger partial charge in [0.25, 0.3) is 5.56 Å². The Hall–Kier alpha value is -3.22. The van der Waals surface area contributed by atoms with Crippen molar-refractivity contribution in [2.45, 2.75) is 24.9 Å². The van der Waals surface area contributed by atoms with E-state index in [-0.39, 0.29) is 23.7 Å². The van der Waals surface area contributed by atoms with Crippen molar-refractivity contribution in [3.63, 3.8) is 0 Å². The third-order valence-corrected chi connectivity index (χ3v) is 5.95. The summed E-state index contributed by atoms with van der Waals surface area (Å²) in [6, 6.07) is 14.0. The molecule has 0 saturated carbocycles. The molecule has 29 heavy (non-hydrogen) atoms. The predicted octanol–water partition coefficient (Wildman–Crippen LogP) is 3.60. The maximum Gasteiger partial charge on any atom is 0.331 e. The van der Waals surface area contributed by atoms with Crippen molar-refractivity contribution in [3.05, 3.63) is 76.6 Å². The zero-order chi connectivity index (χ0) is 20.1. The van der Waals surface area contributed by atoms with E-state index >= 15 is 0 Å². The minimum absolute atomic E-state index is 0.00763. The van der Waals surface area contributed by atoms with Crippen molar-refractivity contribution in [1.29, 1.82) is 0 Å². The lowest BCUT2D eigenvalue weighted by atomic mass is 10.1. The molecule has 2 fully saturated rings. The van der Waals surface area contributed by atoms with E-state index in [1.54, 1.807) is 29.2 Å². The Kier molecular flexibility index (Phi) is 4.12. The number of carbonyl (C=O) groups is 1. The molecule has 3 aromatic rings. The monoisotopic (exact) mass is 395 g/mol. The molecule has 2 aliphatic rings. The summed E-state index contributed by atoms with van der Waals surface area (Å²) in [5, 5.41) is 0.823. The number of para-hydroxylation sites is 1. The first-order valence-electron chi connectivity index (χ1n) is 9.66. The summed E-state index contributed by atoms with van der Waals surface area (Å²) >= 11 is 0. The predicted molar refractivity (Wildman–Crippen MR) is 106 cm³/mol. The van der Waals surface area contributed by atoms with Crippen molar-refractivity contribution in [2.75, 3.05) is 18.0 Å². The summed E-state index contributed by atoms with van der Waals surface area (Å²) in [5.41, 5.74) is 0.857. The number of carbonyl (C=O) groups excluding carboxylic acids is 1. The summed E-state index contributed by atoms with van der Waals surface area (Å²) in [5.74, 6) is -1.74. The minimum Gasteiger partial charge on any atom is -0.362 e. The molecule has 2 unspecified atom stereocenters. The standard InChI is InChI=1S/C22H19F2N3O2/c23-18-9-8-15(11-19(18)24)26-16-6-7-17(26)13-25(12-16)22(29)27-20-4-2-1-3-14(20)5-10-21(27)28/h1-5,8-11,16-17H,6-7,12-13H2. The smallest absolute Gasteiger partial charge is 0.331 e. The van der Waals surface area contributed by atoms with E-state index in [1.165, 1.54) is 16.7 Å². The SMILES string of the molecule is O=C(N1CC2CCC(C1)N2c1ccc(F)c(F)c1)n1c(=O)ccc2ccccc21. The van der Waals surface area contributed by atoms with Crippen LogP contribution in [-0.2, 0) is 0 Å². The van der Waals surface area contributed by atoms with Crippen molar-refractivity contribution < 1.29 is 13.6 Å². The molecule has 7 heteroatoms. The van der Waals surface area contributed by atoms with Gasteiger partial charge in [0.2, 0.25) is 0 Å². The van der Waals surface area contributed by atoms with Crippen molar-refractivity contribution >= 4 is 22.6 Å². The van der Waals surface area contributed by atoms with Crippen LogP contribution in [0.5, 0.6) is 0 Å².